The molecule has 0 fully saturated rings. The standard InChI is InChI=1S/C16H20O.C2H6/c1-3-4-9-15(2)10-8-13-17-14-16-11-6-5-7-12-16;1-2/h4-13H,3,14H2,1-2H3;1-2H3/b9-4-,13-8+,15-10-;. The maximum Gasteiger partial charge on any atom is 0.112 e. The Morgan fingerprint density at radius 3 is 2.47 bits per heavy atom. The first-order valence-electron chi connectivity index (χ1n) is 6.98. The number of hydrogen-bond donors (Lipinski definition) is 0. The van der Waals surface area contributed by atoms with E-state index >= 15 is 0 Å². The van der Waals surface area contributed by atoms with Crippen molar-refractivity contribution >= 4 is 0 Å². The Morgan fingerprint density at radius 1 is 1.16 bits per heavy atom. The van der Waals surface area contributed by atoms with E-state index in [4.69, 9.17) is 4.74 Å². The van der Waals surface area contributed by atoms with Gasteiger partial charge in [-0.15, -0.1) is 0 Å². The van der Waals surface area contributed by atoms with Gasteiger partial charge in [0.2, 0.25) is 0 Å². The molecule has 0 heterocycles. The van der Waals surface area contributed by atoms with Crippen molar-refractivity contribution in [2.75, 3.05) is 0 Å². The first-order valence-corrected chi connectivity index (χ1v) is 6.98. The Labute approximate surface area is 118 Å². The van der Waals surface area contributed by atoms with Gasteiger partial charge in [-0.25, -0.2) is 0 Å². The third kappa shape index (κ3) is 9.90. The maximum atomic E-state index is 5.43. The van der Waals surface area contributed by atoms with E-state index in [1.807, 2.05) is 44.2 Å². The molecule has 104 valence electrons. The van der Waals surface area contributed by atoms with Crippen molar-refractivity contribution < 1.29 is 4.74 Å². The second-order valence-electron chi connectivity index (χ2n) is 3.85. The Bertz CT molecular complexity index is 385. The highest BCUT2D eigenvalue weighted by atomic mass is 16.5. The summed E-state index contributed by atoms with van der Waals surface area (Å²) in [6, 6.07) is 10.1. The molecule has 0 aliphatic carbocycles. The van der Waals surface area contributed by atoms with E-state index in [-0.39, 0.29) is 0 Å². The number of hydrogen-bond acceptors (Lipinski definition) is 1. The molecule has 0 unspecified atom stereocenters. The fourth-order valence-corrected chi connectivity index (χ4v) is 1.32. The zero-order chi connectivity index (χ0) is 14.3. The number of allylic oxidation sites excluding steroid dienone is 5. The summed E-state index contributed by atoms with van der Waals surface area (Å²) in [6.07, 6.45) is 11.0. The van der Waals surface area contributed by atoms with Crippen LogP contribution in [0.3, 0.4) is 0 Å². The smallest absolute Gasteiger partial charge is 0.112 e. The van der Waals surface area contributed by atoms with Crippen molar-refractivity contribution in [3.05, 3.63) is 72.0 Å². The molecule has 19 heavy (non-hydrogen) atoms. The van der Waals surface area contributed by atoms with Crippen molar-refractivity contribution in [3.8, 4) is 0 Å². The lowest BCUT2D eigenvalue weighted by atomic mass is 10.2. The highest BCUT2D eigenvalue weighted by Crippen LogP contribution is 2.01. The van der Waals surface area contributed by atoms with Crippen LogP contribution < -0.4 is 0 Å². The molecule has 0 amide bonds. The fraction of sp³-hybridized carbons (Fsp3) is 0.333. The zero-order valence-electron chi connectivity index (χ0n) is 12.6. The van der Waals surface area contributed by atoms with E-state index in [2.05, 4.69) is 38.1 Å². The molecular weight excluding hydrogens is 232 g/mol. The summed E-state index contributed by atoms with van der Waals surface area (Å²) >= 11 is 0. The highest BCUT2D eigenvalue weighted by Gasteiger charge is 1.87. The third-order valence-corrected chi connectivity index (χ3v) is 2.24. The van der Waals surface area contributed by atoms with Crippen LogP contribution in [0.15, 0.2) is 66.5 Å². The van der Waals surface area contributed by atoms with Gasteiger partial charge in [0.15, 0.2) is 0 Å². The molecule has 1 aromatic rings. The Hall–Kier alpha value is -1.76. The molecule has 0 saturated heterocycles. The van der Waals surface area contributed by atoms with Gasteiger partial charge in [-0.2, -0.15) is 0 Å². The van der Waals surface area contributed by atoms with Crippen LogP contribution in [0.4, 0.5) is 0 Å². The maximum absolute atomic E-state index is 5.43. The summed E-state index contributed by atoms with van der Waals surface area (Å²) in [5.41, 5.74) is 2.41. The van der Waals surface area contributed by atoms with E-state index < -0.39 is 0 Å². The molecule has 1 nitrogen and oxygen atoms in total. The predicted molar refractivity (Wildman–Crippen MR) is 84.9 cm³/mol. The quantitative estimate of drug-likeness (QED) is 0.473. The summed E-state index contributed by atoms with van der Waals surface area (Å²) in [7, 11) is 0. The molecule has 0 atom stereocenters. The zero-order valence-corrected chi connectivity index (χ0v) is 12.6. The SMILES string of the molecule is CC.CC\C=C/C(C)=C\C=C\OCc1ccccc1. The minimum Gasteiger partial charge on any atom is -0.497 e. The van der Waals surface area contributed by atoms with Crippen molar-refractivity contribution in [2.45, 2.75) is 40.7 Å². The summed E-state index contributed by atoms with van der Waals surface area (Å²) in [4.78, 5) is 0. The Balaban J connectivity index is 0.00000154. The van der Waals surface area contributed by atoms with Crippen molar-refractivity contribution in [2.24, 2.45) is 0 Å². The molecule has 0 bridgehead atoms. The Morgan fingerprint density at radius 2 is 1.84 bits per heavy atom. The molecule has 0 aromatic heterocycles. The van der Waals surface area contributed by atoms with Crippen LogP contribution in [0.2, 0.25) is 0 Å². The molecule has 1 aromatic carbocycles. The highest BCUT2D eigenvalue weighted by molar-refractivity contribution is 5.20. The summed E-state index contributed by atoms with van der Waals surface area (Å²) in [5, 5.41) is 0. The van der Waals surface area contributed by atoms with Gasteiger partial charge in [0.1, 0.15) is 6.61 Å². The molecule has 0 radical (unpaired) electrons. The average Bonchev–Trinajstić information content (AvgIpc) is 2.48. The van der Waals surface area contributed by atoms with Gasteiger partial charge in [-0.05, 0) is 25.0 Å². The predicted octanol–water partition coefficient (Wildman–Crippen LogP) is 5.66. The van der Waals surface area contributed by atoms with Crippen LogP contribution in [-0.2, 0) is 11.3 Å². The molecule has 0 aliphatic rings. The van der Waals surface area contributed by atoms with Crippen molar-refractivity contribution in [1.29, 1.82) is 0 Å². The van der Waals surface area contributed by atoms with E-state index in [0.29, 0.717) is 6.61 Å². The summed E-state index contributed by atoms with van der Waals surface area (Å²) < 4.78 is 5.43. The van der Waals surface area contributed by atoms with Crippen LogP contribution in [-0.4, -0.2) is 0 Å². The van der Waals surface area contributed by atoms with Crippen LogP contribution in [0.5, 0.6) is 0 Å². The number of benzene rings is 1. The van der Waals surface area contributed by atoms with E-state index in [0.717, 1.165) is 6.42 Å². The van der Waals surface area contributed by atoms with Gasteiger partial charge in [-0.1, -0.05) is 74.9 Å². The average molecular weight is 258 g/mol. The van der Waals surface area contributed by atoms with Crippen LogP contribution in [0.1, 0.15) is 39.7 Å². The summed E-state index contributed by atoms with van der Waals surface area (Å²) in [6.45, 7) is 8.82. The molecule has 1 rings (SSSR count). The first-order chi connectivity index (χ1) is 9.33. The monoisotopic (exact) mass is 258 g/mol. The molecular formula is C18H26O. The van der Waals surface area contributed by atoms with Crippen LogP contribution in [0, 0.1) is 0 Å². The molecule has 0 aliphatic heterocycles. The second kappa shape index (κ2) is 12.7. The molecule has 1 heteroatoms. The largest absolute Gasteiger partial charge is 0.497 e. The molecule has 0 spiro atoms. The fourth-order valence-electron chi connectivity index (χ4n) is 1.32. The summed E-state index contributed by atoms with van der Waals surface area (Å²) in [5.74, 6) is 0. The van der Waals surface area contributed by atoms with Gasteiger partial charge < -0.3 is 4.74 Å². The van der Waals surface area contributed by atoms with Gasteiger partial charge in [0, 0.05) is 0 Å². The van der Waals surface area contributed by atoms with Gasteiger partial charge in [0.25, 0.3) is 0 Å². The van der Waals surface area contributed by atoms with E-state index in [1.165, 1.54) is 11.1 Å². The minimum atomic E-state index is 0.620. The lowest BCUT2D eigenvalue weighted by Gasteiger charge is -1.99. The van der Waals surface area contributed by atoms with Gasteiger partial charge >= 0.3 is 0 Å². The van der Waals surface area contributed by atoms with E-state index in [9.17, 15) is 0 Å². The molecule has 0 saturated carbocycles. The topological polar surface area (TPSA) is 9.23 Å². The second-order valence-corrected chi connectivity index (χ2v) is 3.85. The van der Waals surface area contributed by atoms with Gasteiger partial charge in [0.05, 0.1) is 6.26 Å². The van der Waals surface area contributed by atoms with Crippen LogP contribution in [0.25, 0.3) is 0 Å². The number of rotatable bonds is 6. The first kappa shape index (κ1) is 17.2. The molecule has 0 N–H and O–H groups in total. The Kier molecular flexibility index (Phi) is 11.5. The van der Waals surface area contributed by atoms with E-state index in [1.54, 1.807) is 6.26 Å². The lowest BCUT2D eigenvalue weighted by molar-refractivity contribution is 0.236. The van der Waals surface area contributed by atoms with Crippen molar-refractivity contribution in [1.82, 2.24) is 0 Å². The van der Waals surface area contributed by atoms with Crippen molar-refractivity contribution in [3.63, 3.8) is 0 Å². The normalized spacial score (nSPS) is 11.5. The van der Waals surface area contributed by atoms with Gasteiger partial charge in [-0.3, -0.25) is 0 Å². The third-order valence-electron chi connectivity index (χ3n) is 2.24. The minimum absolute atomic E-state index is 0.620. The lowest BCUT2D eigenvalue weighted by Crippen LogP contribution is -1.84. The van der Waals surface area contributed by atoms with Crippen LogP contribution >= 0.6 is 0 Å². The number of ether oxygens (including phenoxy) is 1.